The van der Waals surface area contributed by atoms with Crippen LogP contribution < -0.4 is 15.2 Å². The molecular weight excluding hydrogens is 458 g/mol. The molecule has 1 fully saturated rings. The average Bonchev–Trinajstić information content (AvgIpc) is 2.85. The molecule has 1 aromatic heterocycles. The van der Waals surface area contributed by atoms with Gasteiger partial charge in [0.05, 0.1) is 11.8 Å². The van der Waals surface area contributed by atoms with Crippen LogP contribution in [-0.4, -0.2) is 33.6 Å². The zero-order valence-electron chi connectivity index (χ0n) is 20.9. The van der Waals surface area contributed by atoms with Crippen molar-refractivity contribution in [2.75, 3.05) is 0 Å². The lowest BCUT2D eigenvalue weighted by atomic mass is 9.70. The fraction of sp³-hybridized carbons (Fsp3) is 0.393. The molecule has 1 aliphatic rings. The molecule has 4 rings (SSSR count). The van der Waals surface area contributed by atoms with Crippen molar-refractivity contribution in [2.24, 2.45) is 5.73 Å². The van der Waals surface area contributed by atoms with Crippen LogP contribution in [0.3, 0.4) is 0 Å². The van der Waals surface area contributed by atoms with E-state index in [-0.39, 0.29) is 17.6 Å². The molecule has 1 heterocycles. The number of carbonyl (C=O) groups is 1. The predicted octanol–water partition coefficient (Wildman–Crippen LogP) is 5.43. The third kappa shape index (κ3) is 5.60. The van der Waals surface area contributed by atoms with Crippen molar-refractivity contribution in [3.8, 4) is 17.4 Å². The highest BCUT2D eigenvalue weighted by Gasteiger charge is 2.34. The number of nitrogens with zero attached hydrogens (tertiary/aromatic N) is 2. The van der Waals surface area contributed by atoms with Crippen molar-refractivity contribution in [1.29, 1.82) is 0 Å². The van der Waals surface area contributed by atoms with Crippen LogP contribution in [0.25, 0.3) is 0 Å². The number of ether oxygens (including phenoxy) is 3. The number of hydrogen-bond donors (Lipinski definition) is 2. The summed E-state index contributed by atoms with van der Waals surface area (Å²) in [6, 6.07) is 19.7. The lowest BCUT2D eigenvalue weighted by Crippen LogP contribution is -2.41. The van der Waals surface area contributed by atoms with Crippen molar-refractivity contribution >= 4 is 6.09 Å². The monoisotopic (exact) mass is 491 g/mol. The fourth-order valence-corrected chi connectivity index (χ4v) is 4.72. The summed E-state index contributed by atoms with van der Waals surface area (Å²) in [6.45, 7) is 6.04. The molecule has 0 radical (unpaired) electrons. The zero-order chi connectivity index (χ0) is 25.7. The van der Waals surface area contributed by atoms with Gasteiger partial charge in [-0.05, 0) is 61.2 Å². The quantitative estimate of drug-likeness (QED) is 0.388. The van der Waals surface area contributed by atoms with Gasteiger partial charge in [0, 0.05) is 24.3 Å². The van der Waals surface area contributed by atoms with Crippen LogP contribution in [0.5, 0.6) is 17.4 Å². The second-order valence-corrected chi connectivity index (χ2v) is 9.18. The average molecular weight is 492 g/mol. The van der Waals surface area contributed by atoms with Gasteiger partial charge in [0.25, 0.3) is 0 Å². The highest BCUT2D eigenvalue weighted by Crippen LogP contribution is 2.40. The molecule has 1 saturated carbocycles. The van der Waals surface area contributed by atoms with Gasteiger partial charge in [-0.3, -0.25) is 0 Å². The lowest BCUT2D eigenvalue weighted by molar-refractivity contribution is -0.0197. The molecule has 0 spiro atoms. The standard InChI is InChI=1S/C28H33N3O5/c1-4-28(5-2,19-6-10-21(11-7-19)34-23-16-24(17-23)36-27(29)33)20-8-12-22(13-9-20)35-26-15-14-25(18(3)32)30-31-26/h6-15,18,23-24,32H,4-5,16-17H2,1-3H3,(H2,29,33). The summed E-state index contributed by atoms with van der Waals surface area (Å²) in [5, 5.41) is 17.6. The summed E-state index contributed by atoms with van der Waals surface area (Å²) in [7, 11) is 0. The molecule has 1 atom stereocenters. The number of nitrogens with two attached hydrogens (primary N) is 1. The molecular formula is C28H33N3O5. The molecule has 8 heteroatoms. The Hall–Kier alpha value is -3.65. The Morgan fingerprint density at radius 2 is 1.53 bits per heavy atom. The zero-order valence-corrected chi connectivity index (χ0v) is 20.9. The van der Waals surface area contributed by atoms with E-state index in [4.69, 9.17) is 19.9 Å². The van der Waals surface area contributed by atoms with Gasteiger partial charge in [0.1, 0.15) is 23.7 Å². The minimum atomic E-state index is -0.738. The van der Waals surface area contributed by atoms with Gasteiger partial charge >= 0.3 is 6.09 Å². The summed E-state index contributed by atoms with van der Waals surface area (Å²) in [5.74, 6) is 1.84. The van der Waals surface area contributed by atoms with E-state index in [0.29, 0.717) is 30.2 Å². The van der Waals surface area contributed by atoms with Gasteiger partial charge in [-0.15, -0.1) is 10.2 Å². The maximum absolute atomic E-state index is 10.8. The predicted molar refractivity (Wildman–Crippen MR) is 135 cm³/mol. The Labute approximate surface area is 211 Å². The van der Waals surface area contributed by atoms with Gasteiger partial charge in [0.2, 0.25) is 5.88 Å². The Morgan fingerprint density at radius 1 is 0.944 bits per heavy atom. The van der Waals surface area contributed by atoms with Gasteiger partial charge in [-0.25, -0.2) is 4.79 Å². The number of aliphatic hydroxyl groups excluding tert-OH is 1. The maximum Gasteiger partial charge on any atom is 0.404 e. The van der Waals surface area contributed by atoms with E-state index in [1.54, 1.807) is 19.1 Å². The van der Waals surface area contributed by atoms with E-state index < -0.39 is 12.2 Å². The van der Waals surface area contributed by atoms with Crippen molar-refractivity contribution < 1.29 is 24.1 Å². The van der Waals surface area contributed by atoms with Gasteiger partial charge in [0.15, 0.2) is 0 Å². The first-order valence-corrected chi connectivity index (χ1v) is 12.4. The number of aliphatic hydroxyl groups is 1. The summed E-state index contributed by atoms with van der Waals surface area (Å²) < 4.78 is 16.9. The Morgan fingerprint density at radius 3 is 2.00 bits per heavy atom. The van der Waals surface area contributed by atoms with Crippen molar-refractivity contribution in [1.82, 2.24) is 10.2 Å². The molecule has 3 aromatic rings. The van der Waals surface area contributed by atoms with E-state index in [1.807, 2.05) is 24.3 Å². The van der Waals surface area contributed by atoms with Crippen LogP contribution in [0, 0.1) is 0 Å². The highest BCUT2D eigenvalue weighted by molar-refractivity contribution is 5.64. The van der Waals surface area contributed by atoms with Gasteiger partial charge in [-0.1, -0.05) is 38.1 Å². The van der Waals surface area contributed by atoms with E-state index in [2.05, 4.69) is 48.3 Å². The minimum absolute atomic E-state index is 0.0304. The summed E-state index contributed by atoms with van der Waals surface area (Å²) in [6.07, 6.45) is 1.65. The van der Waals surface area contributed by atoms with Crippen molar-refractivity contribution in [3.05, 3.63) is 77.5 Å². The molecule has 0 bridgehead atoms. The van der Waals surface area contributed by atoms with Crippen molar-refractivity contribution in [3.63, 3.8) is 0 Å². The van der Waals surface area contributed by atoms with E-state index in [0.717, 1.165) is 18.6 Å². The van der Waals surface area contributed by atoms with Gasteiger partial charge < -0.3 is 25.1 Å². The van der Waals surface area contributed by atoms with Crippen molar-refractivity contribution in [2.45, 2.75) is 70.2 Å². The number of amides is 1. The number of aromatic nitrogens is 2. The van der Waals surface area contributed by atoms with Crippen LogP contribution in [0.1, 0.15) is 69.4 Å². The first-order valence-electron chi connectivity index (χ1n) is 12.4. The summed E-state index contributed by atoms with van der Waals surface area (Å²) in [5.41, 5.74) is 7.84. The summed E-state index contributed by atoms with van der Waals surface area (Å²) >= 11 is 0. The fourth-order valence-electron chi connectivity index (χ4n) is 4.72. The summed E-state index contributed by atoms with van der Waals surface area (Å²) in [4.78, 5) is 10.8. The van der Waals surface area contributed by atoms with Gasteiger partial charge in [-0.2, -0.15) is 0 Å². The molecule has 2 aromatic carbocycles. The van der Waals surface area contributed by atoms with E-state index in [9.17, 15) is 9.90 Å². The van der Waals surface area contributed by atoms with Crippen LogP contribution >= 0.6 is 0 Å². The first kappa shape index (κ1) is 25.4. The number of hydrogen-bond acceptors (Lipinski definition) is 7. The van der Waals surface area contributed by atoms with Crippen LogP contribution in [0.2, 0.25) is 0 Å². The van der Waals surface area contributed by atoms with Crippen LogP contribution in [0.4, 0.5) is 4.79 Å². The Balaban J connectivity index is 1.43. The number of benzene rings is 2. The normalized spacial score (nSPS) is 18.1. The first-order chi connectivity index (χ1) is 17.3. The molecule has 1 aliphatic carbocycles. The lowest BCUT2D eigenvalue weighted by Gasteiger charge is -2.35. The third-order valence-electron chi connectivity index (χ3n) is 6.97. The molecule has 0 aliphatic heterocycles. The molecule has 1 amide bonds. The molecule has 36 heavy (non-hydrogen) atoms. The van der Waals surface area contributed by atoms with Crippen LogP contribution in [-0.2, 0) is 10.2 Å². The largest absolute Gasteiger partial charge is 0.490 e. The number of carbonyl (C=O) groups excluding carboxylic acids is 1. The minimum Gasteiger partial charge on any atom is -0.490 e. The topological polar surface area (TPSA) is 117 Å². The third-order valence-corrected chi connectivity index (χ3v) is 6.97. The second kappa shape index (κ2) is 11.0. The molecule has 8 nitrogen and oxygen atoms in total. The number of rotatable bonds is 10. The smallest absolute Gasteiger partial charge is 0.404 e. The SMILES string of the molecule is CCC(CC)(c1ccc(Oc2ccc(C(C)O)nn2)cc1)c1ccc(OC2CC(OC(N)=O)C2)cc1. The molecule has 3 N–H and O–H groups in total. The van der Waals surface area contributed by atoms with Crippen LogP contribution in [0.15, 0.2) is 60.7 Å². The van der Waals surface area contributed by atoms with E-state index in [1.165, 1.54) is 11.1 Å². The maximum atomic E-state index is 10.8. The van der Waals surface area contributed by atoms with E-state index >= 15 is 0 Å². The highest BCUT2D eigenvalue weighted by atomic mass is 16.6. The molecule has 0 saturated heterocycles. The Kier molecular flexibility index (Phi) is 7.74. The molecule has 1 unspecified atom stereocenters. The number of primary amides is 1. The molecule has 190 valence electrons. The second-order valence-electron chi connectivity index (χ2n) is 9.18. The Bertz CT molecular complexity index is 1140.